The second kappa shape index (κ2) is 3.74. The zero-order valence-electron chi connectivity index (χ0n) is 7.39. The van der Waals surface area contributed by atoms with E-state index in [0.717, 1.165) is 25.9 Å². The summed E-state index contributed by atoms with van der Waals surface area (Å²) in [7, 11) is 0. The predicted octanol–water partition coefficient (Wildman–Crippen LogP) is 0.278. The van der Waals surface area contributed by atoms with Crippen molar-refractivity contribution in [2.45, 2.75) is 12.8 Å². The van der Waals surface area contributed by atoms with E-state index < -0.39 is 0 Å². The summed E-state index contributed by atoms with van der Waals surface area (Å²) in [6, 6.07) is 0.568. The molecule has 1 aliphatic rings. The van der Waals surface area contributed by atoms with E-state index in [1.807, 2.05) is 4.90 Å². The molecule has 0 spiro atoms. The topological polar surface area (TPSA) is 62.4 Å². The molecule has 1 saturated heterocycles. The van der Waals surface area contributed by atoms with Crippen LogP contribution in [0.25, 0.3) is 0 Å². The Bertz CT molecular complexity index is 250. The minimum absolute atomic E-state index is 0.241. The van der Waals surface area contributed by atoms with Gasteiger partial charge in [-0.3, -0.25) is 0 Å². The number of hydrogen-bond acceptors (Lipinski definition) is 5. The van der Waals surface area contributed by atoms with Crippen LogP contribution >= 0.6 is 0 Å². The van der Waals surface area contributed by atoms with E-state index >= 15 is 0 Å². The Morgan fingerprint density at radius 1 is 1.69 bits per heavy atom. The van der Waals surface area contributed by atoms with E-state index in [1.165, 1.54) is 6.39 Å². The molecule has 1 fully saturated rings. The number of piperidine rings is 1. The zero-order valence-corrected chi connectivity index (χ0v) is 7.39. The summed E-state index contributed by atoms with van der Waals surface area (Å²) in [6.45, 7) is 2.00. The van der Waals surface area contributed by atoms with Gasteiger partial charge in [0.15, 0.2) is 0 Å². The lowest BCUT2D eigenvalue weighted by Crippen LogP contribution is -2.36. The molecule has 0 amide bonds. The van der Waals surface area contributed by atoms with Crippen molar-refractivity contribution in [3.05, 3.63) is 6.39 Å². The summed E-state index contributed by atoms with van der Waals surface area (Å²) in [5, 5.41) is 16.5. The van der Waals surface area contributed by atoms with Gasteiger partial charge < -0.3 is 14.4 Å². The molecule has 1 N–H and O–H groups in total. The van der Waals surface area contributed by atoms with Crippen LogP contribution in [0, 0.1) is 5.92 Å². The molecule has 1 aliphatic heterocycles. The van der Waals surface area contributed by atoms with Gasteiger partial charge >= 0.3 is 6.01 Å². The first-order valence-electron chi connectivity index (χ1n) is 4.52. The van der Waals surface area contributed by atoms with Crippen molar-refractivity contribution in [1.82, 2.24) is 10.2 Å². The fraction of sp³-hybridized carbons (Fsp3) is 0.750. The average Bonchev–Trinajstić information content (AvgIpc) is 2.71. The van der Waals surface area contributed by atoms with Gasteiger partial charge in [-0.25, -0.2) is 0 Å². The highest BCUT2D eigenvalue weighted by Gasteiger charge is 2.21. The van der Waals surface area contributed by atoms with Crippen LogP contribution < -0.4 is 4.90 Å². The minimum Gasteiger partial charge on any atom is -0.411 e. The summed E-state index contributed by atoms with van der Waals surface area (Å²) in [5.41, 5.74) is 0. The van der Waals surface area contributed by atoms with Gasteiger partial charge in [-0.1, -0.05) is 5.10 Å². The number of aliphatic hydroxyl groups excluding tert-OH is 1. The predicted molar refractivity (Wildman–Crippen MR) is 46.3 cm³/mol. The standard InChI is InChI=1S/C8H13N3O2/c12-5-7-2-1-3-11(4-7)8-10-9-6-13-8/h6-7,12H,1-5H2. The summed E-state index contributed by atoms with van der Waals surface area (Å²) in [5.74, 6) is 0.348. The molecule has 2 rings (SSSR count). The monoisotopic (exact) mass is 183 g/mol. The van der Waals surface area contributed by atoms with Crippen LogP contribution in [-0.4, -0.2) is 35.0 Å². The van der Waals surface area contributed by atoms with E-state index in [0.29, 0.717) is 11.9 Å². The maximum Gasteiger partial charge on any atom is 0.317 e. The Kier molecular flexibility index (Phi) is 2.44. The Morgan fingerprint density at radius 2 is 2.62 bits per heavy atom. The average molecular weight is 183 g/mol. The maximum atomic E-state index is 9.01. The highest BCUT2D eigenvalue weighted by Crippen LogP contribution is 2.20. The largest absolute Gasteiger partial charge is 0.411 e. The molecule has 2 heterocycles. The van der Waals surface area contributed by atoms with Crippen LogP contribution in [0.4, 0.5) is 6.01 Å². The molecule has 0 aromatic carbocycles. The number of aliphatic hydroxyl groups is 1. The molecule has 13 heavy (non-hydrogen) atoms. The molecular weight excluding hydrogens is 170 g/mol. The molecule has 5 heteroatoms. The molecule has 1 aromatic heterocycles. The minimum atomic E-state index is 0.241. The van der Waals surface area contributed by atoms with Gasteiger partial charge in [-0.15, -0.1) is 5.10 Å². The van der Waals surface area contributed by atoms with Crippen molar-refractivity contribution in [2.75, 3.05) is 24.6 Å². The Hall–Kier alpha value is -1.10. The van der Waals surface area contributed by atoms with Crippen LogP contribution in [-0.2, 0) is 0 Å². The highest BCUT2D eigenvalue weighted by atomic mass is 16.4. The molecule has 1 unspecified atom stereocenters. The van der Waals surface area contributed by atoms with Crippen LogP contribution in [0.5, 0.6) is 0 Å². The van der Waals surface area contributed by atoms with Gasteiger partial charge in [0.25, 0.3) is 0 Å². The molecular formula is C8H13N3O2. The molecule has 5 nitrogen and oxygen atoms in total. The van der Waals surface area contributed by atoms with E-state index in [2.05, 4.69) is 10.2 Å². The molecule has 0 saturated carbocycles. The summed E-state index contributed by atoms with van der Waals surface area (Å²) < 4.78 is 5.09. The number of hydrogen-bond donors (Lipinski definition) is 1. The van der Waals surface area contributed by atoms with Gasteiger partial charge in [-0.2, -0.15) is 0 Å². The number of anilines is 1. The first-order chi connectivity index (χ1) is 6.40. The second-order valence-corrected chi connectivity index (χ2v) is 3.36. The fourth-order valence-electron chi connectivity index (χ4n) is 1.69. The molecule has 1 atom stereocenters. The molecule has 1 aromatic rings. The van der Waals surface area contributed by atoms with E-state index in [9.17, 15) is 0 Å². The van der Waals surface area contributed by atoms with E-state index in [4.69, 9.17) is 9.52 Å². The van der Waals surface area contributed by atoms with Gasteiger partial charge in [0.1, 0.15) is 0 Å². The third kappa shape index (κ3) is 1.80. The first kappa shape index (κ1) is 8.50. The van der Waals surface area contributed by atoms with Gasteiger partial charge in [0, 0.05) is 19.7 Å². The van der Waals surface area contributed by atoms with Crippen LogP contribution in [0.1, 0.15) is 12.8 Å². The fourth-order valence-corrected chi connectivity index (χ4v) is 1.69. The van der Waals surface area contributed by atoms with Crippen molar-refractivity contribution < 1.29 is 9.52 Å². The first-order valence-corrected chi connectivity index (χ1v) is 4.52. The molecule has 0 radical (unpaired) electrons. The lowest BCUT2D eigenvalue weighted by Gasteiger charge is -2.29. The number of aromatic nitrogens is 2. The smallest absolute Gasteiger partial charge is 0.317 e. The SMILES string of the molecule is OCC1CCCN(c2nnco2)C1. The lowest BCUT2D eigenvalue weighted by atomic mass is 10.00. The third-order valence-electron chi connectivity index (χ3n) is 2.40. The quantitative estimate of drug-likeness (QED) is 0.713. The Balaban J connectivity index is 2.00. The van der Waals surface area contributed by atoms with Crippen LogP contribution in [0.2, 0.25) is 0 Å². The van der Waals surface area contributed by atoms with Gasteiger partial charge in [0.05, 0.1) is 0 Å². The van der Waals surface area contributed by atoms with E-state index in [-0.39, 0.29) is 6.61 Å². The third-order valence-corrected chi connectivity index (χ3v) is 2.40. The van der Waals surface area contributed by atoms with Crippen LogP contribution in [0.15, 0.2) is 10.8 Å². The number of nitrogens with zero attached hydrogens (tertiary/aromatic N) is 3. The highest BCUT2D eigenvalue weighted by molar-refractivity contribution is 5.23. The second-order valence-electron chi connectivity index (χ2n) is 3.36. The van der Waals surface area contributed by atoms with Crippen molar-refractivity contribution in [3.63, 3.8) is 0 Å². The summed E-state index contributed by atoms with van der Waals surface area (Å²) >= 11 is 0. The molecule has 72 valence electrons. The molecule has 0 bridgehead atoms. The number of rotatable bonds is 2. The molecule has 0 aliphatic carbocycles. The van der Waals surface area contributed by atoms with Crippen molar-refractivity contribution in [3.8, 4) is 0 Å². The van der Waals surface area contributed by atoms with Crippen LogP contribution in [0.3, 0.4) is 0 Å². The lowest BCUT2D eigenvalue weighted by molar-refractivity contribution is 0.206. The maximum absolute atomic E-state index is 9.01. The van der Waals surface area contributed by atoms with Crippen molar-refractivity contribution in [2.24, 2.45) is 5.92 Å². The van der Waals surface area contributed by atoms with Gasteiger partial charge in [-0.05, 0) is 18.8 Å². The summed E-state index contributed by atoms with van der Waals surface area (Å²) in [4.78, 5) is 2.03. The Morgan fingerprint density at radius 3 is 3.31 bits per heavy atom. The summed E-state index contributed by atoms with van der Waals surface area (Å²) in [6.07, 6.45) is 3.49. The normalized spacial score (nSPS) is 23.5. The Labute approximate surface area is 76.4 Å². The van der Waals surface area contributed by atoms with Gasteiger partial charge in [0.2, 0.25) is 6.39 Å². The van der Waals surface area contributed by atoms with E-state index in [1.54, 1.807) is 0 Å². The van der Waals surface area contributed by atoms with Crippen molar-refractivity contribution >= 4 is 6.01 Å². The van der Waals surface area contributed by atoms with Crippen molar-refractivity contribution in [1.29, 1.82) is 0 Å². The zero-order chi connectivity index (χ0) is 9.10.